The Morgan fingerprint density at radius 1 is 1.09 bits per heavy atom. The number of nitrogens with zero attached hydrogens (tertiary/aromatic N) is 1. The predicted molar refractivity (Wildman–Crippen MR) is 88.5 cm³/mol. The topological polar surface area (TPSA) is 54.0 Å². The van der Waals surface area contributed by atoms with E-state index in [4.69, 9.17) is 0 Å². The number of hydrogen-bond donors (Lipinski definition) is 2. The van der Waals surface area contributed by atoms with Crippen LogP contribution in [0.1, 0.15) is 41.3 Å². The Hall–Kier alpha value is -2.20. The van der Waals surface area contributed by atoms with Crippen LogP contribution in [0.25, 0.3) is 0 Å². The van der Waals surface area contributed by atoms with E-state index >= 15 is 0 Å². The molecule has 4 nitrogen and oxygen atoms in total. The monoisotopic (exact) mass is 297 g/mol. The third-order valence-electron chi connectivity index (χ3n) is 3.41. The fraction of sp³-hybridized carbons (Fsp3) is 0.333. The normalized spacial score (nSPS) is 10.4. The van der Waals surface area contributed by atoms with Gasteiger partial charge in [0.1, 0.15) is 0 Å². The van der Waals surface area contributed by atoms with Gasteiger partial charge in [0.05, 0.1) is 0 Å². The number of carbonyl (C=O) groups is 1. The van der Waals surface area contributed by atoms with E-state index in [0.29, 0.717) is 5.56 Å². The quantitative estimate of drug-likeness (QED) is 0.737. The fourth-order valence-corrected chi connectivity index (χ4v) is 2.11. The molecule has 1 heterocycles. The van der Waals surface area contributed by atoms with Crippen molar-refractivity contribution in [2.45, 2.75) is 32.9 Å². The molecule has 1 amide bonds. The molecule has 0 fully saturated rings. The lowest BCUT2D eigenvalue weighted by molar-refractivity contribution is 0.0953. The smallest absolute Gasteiger partial charge is 0.251 e. The average molecular weight is 297 g/mol. The number of aromatic nitrogens is 1. The summed E-state index contributed by atoms with van der Waals surface area (Å²) in [6.45, 7) is 4.41. The van der Waals surface area contributed by atoms with Crippen LogP contribution >= 0.6 is 0 Å². The van der Waals surface area contributed by atoms with Crippen molar-refractivity contribution in [2.75, 3.05) is 6.54 Å². The molecular formula is C18H23N3O. The third kappa shape index (κ3) is 5.30. The van der Waals surface area contributed by atoms with E-state index in [0.717, 1.165) is 43.6 Å². The van der Waals surface area contributed by atoms with Crippen molar-refractivity contribution in [2.24, 2.45) is 0 Å². The minimum atomic E-state index is 0.00307. The Bertz CT molecular complexity index is 567. The fourth-order valence-electron chi connectivity index (χ4n) is 2.11. The first-order valence-electron chi connectivity index (χ1n) is 7.76. The molecule has 0 aliphatic rings. The summed E-state index contributed by atoms with van der Waals surface area (Å²) < 4.78 is 0. The lowest BCUT2D eigenvalue weighted by atomic mass is 10.1. The zero-order valence-corrected chi connectivity index (χ0v) is 13.0. The molecule has 1 aromatic heterocycles. The van der Waals surface area contributed by atoms with Crippen LogP contribution in [0.4, 0.5) is 0 Å². The van der Waals surface area contributed by atoms with Crippen LogP contribution < -0.4 is 10.6 Å². The van der Waals surface area contributed by atoms with Crippen molar-refractivity contribution in [1.29, 1.82) is 0 Å². The number of carbonyl (C=O) groups excluding carboxylic acids is 1. The Kier molecular flexibility index (Phi) is 6.58. The molecule has 22 heavy (non-hydrogen) atoms. The maximum absolute atomic E-state index is 11.9. The predicted octanol–water partition coefficient (Wildman–Crippen LogP) is 2.90. The number of rotatable bonds is 8. The van der Waals surface area contributed by atoms with Crippen molar-refractivity contribution in [3.63, 3.8) is 0 Å². The second-order valence-electron chi connectivity index (χ2n) is 5.27. The van der Waals surface area contributed by atoms with E-state index in [1.165, 1.54) is 0 Å². The highest BCUT2D eigenvalue weighted by Gasteiger charge is 2.04. The van der Waals surface area contributed by atoms with Crippen molar-refractivity contribution in [1.82, 2.24) is 15.6 Å². The summed E-state index contributed by atoms with van der Waals surface area (Å²) in [5, 5.41) is 6.29. The number of amides is 1. The summed E-state index contributed by atoms with van der Waals surface area (Å²) in [6, 6.07) is 11.7. The third-order valence-corrected chi connectivity index (χ3v) is 3.41. The van der Waals surface area contributed by atoms with Gasteiger partial charge in [0.25, 0.3) is 5.91 Å². The van der Waals surface area contributed by atoms with Crippen molar-refractivity contribution in [3.8, 4) is 0 Å². The Labute approximate surface area is 132 Å². The van der Waals surface area contributed by atoms with Crippen LogP contribution in [0.15, 0.2) is 48.8 Å². The van der Waals surface area contributed by atoms with Crippen molar-refractivity contribution >= 4 is 5.91 Å². The minimum absolute atomic E-state index is 0.00307. The van der Waals surface area contributed by atoms with Gasteiger partial charge >= 0.3 is 0 Å². The first kappa shape index (κ1) is 16.2. The van der Waals surface area contributed by atoms with E-state index in [1.54, 1.807) is 6.20 Å². The number of hydrogen-bond acceptors (Lipinski definition) is 3. The molecule has 0 saturated heterocycles. The molecule has 0 bridgehead atoms. The summed E-state index contributed by atoms with van der Waals surface area (Å²) in [4.78, 5) is 16.0. The van der Waals surface area contributed by atoms with Crippen LogP contribution in [0, 0.1) is 0 Å². The molecule has 2 N–H and O–H groups in total. The maximum atomic E-state index is 11.9. The van der Waals surface area contributed by atoms with E-state index in [9.17, 15) is 4.79 Å². The zero-order valence-electron chi connectivity index (χ0n) is 13.0. The van der Waals surface area contributed by atoms with Crippen LogP contribution in [0.2, 0.25) is 0 Å². The van der Waals surface area contributed by atoms with E-state index in [-0.39, 0.29) is 5.91 Å². The highest BCUT2D eigenvalue weighted by Crippen LogP contribution is 2.05. The van der Waals surface area contributed by atoms with E-state index in [2.05, 4.69) is 22.5 Å². The van der Waals surface area contributed by atoms with Gasteiger partial charge in [-0.25, -0.2) is 0 Å². The molecule has 4 heteroatoms. The molecule has 0 unspecified atom stereocenters. The van der Waals surface area contributed by atoms with Crippen molar-refractivity contribution < 1.29 is 4.79 Å². The van der Waals surface area contributed by atoms with Gasteiger partial charge in [-0.2, -0.15) is 0 Å². The molecular weight excluding hydrogens is 274 g/mol. The number of nitrogens with one attached hydrogen (secondary N) is 2. The van der Waals surface area contributed by atoms with Gasteiger partial charge in [0, 0.05) is 37.6 Å². The lowest BCUT2D eigenvalue weighted by Crippen LogP contribution is -2.24. The average Bonchev–Trinajstić information content (AvgIpc) is 2.56. The highest BCUT2D eigenvalue weighted by molar-refractivity contribution is 5.94. The SMILES string of the molecule is CCCCNC(=O)c1ccc(CNCc2cccnc2)cc1. The van der Waals surface area contributed by atoms with Gasteiger partial charge in [0.2, 0.25) is 0 Å². The largest absolute Gasteiger partial charge is 0.352 e. The minimum Gasteiger partial charge on any atom is -0.352 e. The summed E-state index contributed by atoms with van der Waals surface area (Å²) in [5.41, 5.74) is 3.04. The molecule has 116 valence electrons. The molecule has 0 aliphatic heterocycles. The summed E-state index contributed by atoms with van der Waals surface area (Å²) >= 11 is 0. The molecule has 1 aromatic carbocycles. The van der Waals surface area contributed by atoms with E-state index < -0.39 is 0 Å². The molecule has 0 saturated carbocycles. The standard InChI is InChI=1S/C18H23N3O/c1-2-3-11-21-18(22)17-8-6-15(7-9-17)12-20-14-16-5-4-10-19-13-16/h4-10,13,20H,2-3,11-12,14H2,1H3,(H,21,22). The first-order valence-corrected chi connectivity index (χ1v) is 7.76. The zero-order chi connectivity index (χ0) is 15.6. The van der Waals surface area contributed by atoms with Gasteiger partial charge in [-0.15, -0.1) is 0 Å². The van der Waals surface area contributed by atoms with Gasteiger partial charge in [-0.3, -0.25) is 9.78 Å². The Morgan fingerprint density at radius 3 is 2.55 bits per heavy atom. The first-order chi connectivity index (χ1) is 10.8. The highest BCUT2D eigenvalue weighted by atomic mass is 16.1. The van der Waals surface area contributed by atoms with Gasteiger partial charge in [-0.1, -0.05) is 31.5 Å². The van der Waals surface area contributed by atoms with Gasteiger partial charge in [-0.05, 0) is 35.7 Å². The molecule has 0 atom stereocenters. The Balaban J connectivity index is 1.78. The maximum Gasteiger partial charge on any atom is 0.251 e. The van der Waals surface area contributed by atoms with Crippen molar-refractivity contribution in [3.05, 3.63) is 65.5 Å². The van der Waals surface area contributed by atoms with Gasteiger partial charge in [0.15, 0.2) is 0 Å². The van der Waals surface area contributed by atoms with Crippen LogP contribution in [0.5, 0.6) is 0 Å². The molecule has 0 aliphatic carbocycles. The summed E-state index contributed by atoms with van der Waals surface area (Å²) in [5.74, 6) is 0.00307. The molecule has 0 radical (unpaired) electrons. The lowest BCUT2D eigenvalue weighted by Gasteiger charge is -2.07. The summed E-state index contributed by atoms with van der Waals surface area (Å²) in [7, 11) is 0. The van der Waals surface area contributed by atoms with Crippen LogP contribution in [0.3, 0.4) is 0 Å². The van der Waals surface area contributed by atoms with Crippen LogP contribution in [-0.2, 0) is 13.1 Å². The van der Waals surface area contributed by atoms with E-state index in [1.807, 2.05) is 42.6 Å². The number of benzene rings is 1. The summed E-state index contributed by atoms with van der Waals surface area (Å²) in [6.07, 6.45) is 5.73. The molecule has 0 spiro atoms. The molecule has 2 aromatic rings. The second kappa shape index (κ2) is 8.95. The number of pyridine rings is 1. The second-order valence-corrected chi connectivity index (χ2v) is 5.27. The van der Waals surface area contributed by atoms with Crippen LogP contribution in [-0.4, -0.2) is 17.4 Å². The molecule has 2 rings (SSSR count). The Morgan fingerprint density at radius 2 is 1.86 bits per heavy atom. The van der Waals surface area contributed by atoms with Gasteiger partial charge < -0.3 is 10.6 Å². The number of unbranched alkanes of at least 4 members (excludes halogenated alkanes) is 1.